The first-order chi connectivity index (χ1) is 8.56. The lowest BCUT2D eigenvalue weighted by molar-refractivity contribution is 0.411. The molecule has 0 radical (unpaired) electrons. The van der Waals surface area contributed by atoms with Crippen molar-refractivity contribution in [1.82, 2.24) is 9.62 Å². The fourth-order valence-corrected chi connectivity index (χ4v) is 3.67. The highest BCUT2D eigenvalue weighted by atomic mass is 32.2. The number of rotatable bonds is 1. The molecule has 0 saturated carbocycles. The van der Waals surface area contributed by atoms with Crippen molar-refractivity contribution in [2.75, 3.05) is 20.1 Å². The van der Waals surface area contributed by atoms with Gasteiger partial charge in [0.15, 0.2) is 0 Å². The van der Waals surface area contributed by atoms with Crippen LogP contribution in [0.1, 0.15) is 12.0 Å². The number of nitrogens with zero attached hydrogens (tertiary/aromatic N) is 2. The van der Waals surface area contributed by atoms with Crippen LogP contribution in [-0.2, 0) is 10.0 Å². The molecule has 2 aliphatic rings. The van der Waals surface area contributed by atoms with Crippen molar-refractivity contribution in [3.63, 3.8) is 0 Å². The van der Waals surface area contributed by atoms with Gasteiger partial charge in [-0.25, -0.2) is 8.42 Å². The summed E-state index contributed by atoms with van der Waals surface area (Å²) in [6.45, 7) is 1.89. The van der Waals surface area contributed by atoms with E-state index in [0.29, 0.717) is 16.3 Å². The van der Waals surface area contributed by atoms with Crippen molar-refractivity contribution in [3.05, 3.63) is 29.8 Å². The van der Waals surface area contributed by atoms with Crippen molar-refractivity contribution in [3.8, 4) is 0 Å². The summed E-state index contributed by atoms with van der Waals surface area (Å²) in [5.74, 6) is 0.492. The minimum atomic E-state index is -3.40. The Labute approximate surface area is 107 Å². The van der Waals surface area contributed by atoms with Crippen LogP contribution in [0.2, 0.25) is 0 Å². The Kier molecular flexibility index (Phi) is 2.64. The molecule has 0 bridgehead atoms. The first-order valence-corrected chi connectivity index (χ1v) is 7.43. The average Bonchev–Trinajstić information content (AvgIpc) is 2.83. The van der Waals surface area contributed by atoms with Gasteiger partial charge in [0.2, 0.25) is 0 Å². The molecule has 96 valence electrons. The van der Waals surface area contributed by atoms with Crippen LogP contribution in [0.15, 0.2) is 34.2 Å². The Hall–Kier alpha value is -1.40. The summed E-state index contributed by atoms with van der Waals surface area (Å²) < 4.78 is 26.3. The van der Waals surface area contributed by atoms with Crippen LogP contribution < -0.4 is 4.72 Å². The fourth-order valence-electron chi connectivity index (χ4n) is 2.43. The normalized spacial score (nSPS) is 28.3. The zero-order valence-corrected chi connectivity index (χ0v) is 10.9. The molecule has 1 aromatic rings. The monoisotopic (exact) mass is 265 g/mol. The van der Waals surface area contributed by atoms with Crippen LogP contribution in [0.25, 0.3) is 0 Å². The smallest absolute Gasteiger partial charge is 0.263 e. The minimum Gasteiger partial charge on any atom is -0.304 e. The van der Waals surface area contributed by atoms with Crippen LogP contribution in [0.3, 0.4) is 0 Å². The van der Waals surface area contributed by atoms with Gasteiger partial charge in [-0.05, 0) is 32.1 Å². The Morgan fingerprint density at radius 1 is 1.39 bits per heavy atom. The van der Waals surface area contributed by atoms with Gasteiger partial charge in [-0.2, -0.15) is 0 Å². The van der Waals surface area contributed by atoms with Crippen molar-refractivity contribution >= 4 is 15.9 Å². The van der Waals surface area contributed by atoms with Gasteiger partial charge in [0, 0.05) is 12.1 Å². The SMILES string of the molecule is CN1CCC(N=C2NS(=O)(=O)c3ccccc32)C1. The number of hydrogen-bond acceptors (Lipinski definition) is 4. The Balaban J connectivity index is 1.99. The highest BCUT2D eigenvalue weighted by Crippen LogP contribution is 2.23. The number of fused-ring (bicyclic) bond motifs is 1. The molecule has 0 aliphatic carbocycles. The zero-order valence-electron chi connectivity index (χ0n) is 10.1. The maximum absolute atomic E-state index is 11.9. The van der Waals surface area contributed by atoms with Gasteiger partial charge in [0.25, 0.3) is 10.0 Å². The van der Waals surface area contributed by atoms with Crippen molar-refractivity contribution in [2.24, 2.45) is 4.99 Å². The third-order valence-electron chi connectivity index (χ3n) is 3.34. The molecule has 2 heterocycles. The molecule has 3 rings (SSSR count). The van der Waals surface area contributed by atoms with Crippen molar-refractivity contribution in [1.29, 1.82) is 0 Å². The van der Waals surface area contributed by atoms with Gasteiger partial charge >= 0.3 is 0 Å². The summed E-state index contributed by atoms with van der Waals surface area (Å²) in [4.78, 5) is 7.07. The molecule has 6 heteroatoms. The first kappa shape index (κ1) is 11.7. The van der Waals surface area contributed by atoms with E-state index in [4.69, 9.17) is 0 Å². The predicted octanol–water partition coefficient (Wildman–Crippen LogP) is 0.429. The number of aliphatic imine (C=N–C) groups is 1. The van der Waals surface area contributed by atoms with E-state index in [0.717, 1.165) is 19.5 Å². The molecule has 1 fully saturated rings. The van der Waals surface area contributed by atoms with Crippen LogP contribution in [-0.4, -0.2) is 45.3 Å². The minimum absolute atomic E-state index is 0.179. The van der Waals surface area contributed by atoms with E-state index in [-0.39, 0.29) is 6.04 Å². The third kappa shape index (κ3) is 1.91. The molecule has 1 atom stereocenters. The van der Waals surface area contributed by atoms with Gasteiger partial charge < -0.3 is 4.90 Å². The molecule has 0 aromatic heterocycles. The molecule has 5 nitrogen and oxygen atoms in total. The van der Waals surface area contributed by atoms with E-state index in [2.05, 4.69) is 14.6 Å². The molecule has 0 amide bonds. The molecular formula is C12H15N3O2S. The number of likely N-dealkylation sites (N-methyl/N-ethyl adjacent to an activating group) is 1. The number of nitrogens with one attached hydrogen (secondary N) is 1. The number of likely N-dealkylation sites (tertiary alicyclic amines) is 1. The maximum atomic E-state index is 11.9. The summed E-state index contributed by atoms with van der Waals surface area (Å²) >= 11 is 0. The lowest BCUT2D eigenvalue weighted by Crippen LogP contribution is -2.25. The zero-order chi connectivity index (χ0) is 12.8. The number of hydrogen-bond donors (Lipinski definition) is 1. The molecule has 1 unspecified atom stereocenters. The van der Waals surface area contributed by atoms with Crippen LogP contribution in [0.4, 0.5) is 0 Å². The Bertz CT molecular complexity index is 610. The highest BCUT2D eigenvalue weighted by molar-refractivity contribution is 7.90. The molecular weight excluding hydrogens is 250 g/mol. The van der Waals surface area contributed by atoms with Gasteiger partial charge in [-0.3, -0.25) is 9.71 Å². The third-order valence-corrected chi connectivity index (χ3v) is 4.74. The number of benzene rings is 1. The van der Waals surface area contributed by atoms with Gasteiger partial charge in [-0.15, -0.1) is 0 Å². The van der Waals surface area contributed by atoms with E-state index in [1.54, 1.807) is 18.2 Å². The van der Waals surface area contributed by atoms with E-state index in [9.17, 15) is 8.42 Å². The lowest BCUT2D eigenvalue weighted by atomic mass is 10.2. The van der Waals surface area contributed by atoms with Crippen LogP contribution in [0, 0.1) is 0 Å². The highest BCUT2D eigenvalue weighted by Gasteiger charge is 2.31. The molecule has 0 spiro atoms. The van der Waals surface area contributed by atoms with E-state index in [1.165, 1.54) is 0 Å². The summed E-state index contributed by atoms with van der Waals surface area (Å²) in [6.07, 6.45) is 0.976. The summed E-state index contributed by atoms with van der Waals surface area (Å²) in [6, 6.07) is 7.15. The predicted molar refractivity (Wildman–Crippen MR) is 69.2 cm³/mol. The van der Waals surface area contributed by atoms with E-state index in [1.807, 2.05) is 13.1 Å². The van der Waals surface area contributed by atoms with Crippen LogP contribution in [0.5, 0.6) is 0 Å². The Morgan fingerprint density at radius 3 is 2.89 bits per heavy atom. The lowest BCUT2D eigenvalue weighted by Gasteiger charge is -2.07. The second-order valence-corrected chi connectivity index (χ2v) is 6.43. The summed E-state index contributed by atoms with van der Waals surface area (Å²) in [5.41, 5.74) is 0.687. The van der Waals surface area contributed by atoms with Crippen molar-refractivity contribution in [2.45, 2.75) is 17.4 Å². The van der Waals surface area contributed by atoms with E-state index < -0.39 is 10.0 Å². The topological polar surface area (TPSA) is 61.8 Å². The number of sulfonamides is 1. The van der Waals surface area contributed by atoms with Gasteiger partial charge in [-0.1, -0.05) is 12.1 Å². The van der Waals surface area contributed by atoms with Crippen LogP contribution >= 0.6 is 0 Å². The second-order valence-electron chi connectivity index (χ2n) is 4.78. The quantitative estimate of drug-likeness (QED) is 0.801. The molecule has 2 aliphatic heterocycles. The standard InChI is InChI=1S/C12H15N3O2S/c1-15-7-6-9(8-15)13-12-10-4-2-3-5-11(10)18(16,17)14-12/h2-5,9H,6-8H2,1H3,(H,13,14). The fraction of sp³-hybridized carbons (Fsp3) is 0.417. The van der Waals surface area contributed by atoms with Crippen molar-refractivity contribution < 1.29 is 8.42 Å². The van der Waals surface area contributed by atoms with E-state index >= 15 is 0 Å². The van der Waals surface area contributed by atoms with Gasteiger partial charge in [0.05, 0.1) is 10.9 Å². The second kappa shape index (κ2) is 4.07. The molecule has 18 heavy (non-hydrogen) atoms. The average molecular weight is 265 g/mol. The first-order valence-electron chi connectivity index (χ1n) is 5.95. The maximum Gasteiger partial charge on any atom is 0.263 e. The molecule has 1 N–H and O–H groups in total. The molecule has 1 saturated heterocycles. The van der Waals surface area contributed by atoms with Gasteiger partial charge in [0.1, 0.15) is 5.84 Å². The number of amidine groups is 1. The Morgan fingerprint density at radius 2 is 2.17 bits per heavy atom. The summed E-state index contributed by atoms with van der Waals surface area (Å²) in [5, 5.41) is 0. The largest absolute Gasteiger partial charge is 0.304 e. The summed E-state index contributed by atoms with van der Waals surface area (Å²) in [7, 11) is -1.36. The molecule has 1 aromatic carbocycles.